The number of aromatic nitrogens is 1. The van der Waals surface area contributed by atoms with E-state index in [2.05, 4.69) is 26.2 Å². The first-order valence-corrected chi connectivity index (χ1v) is 7.02. The highest BCUT2D eigenvalue weighted by Gasteiger charge is 2.04. The molecule has 2 aromatic rings. The number of hydrogen-bond donors (Lipinski definition) is 2. The van der Waals surface area contributed by atoms with Crippen molar-refractivity contribution >= 4 is 38.8 Å². The average molecular weight is 336 g/mol. The molecule has 1 heterocycles. The zero-order valence-electron chi connectivity index (χ0n) is 10.5. The highest BCUT2D eigenvalue weighted by atomic mass is 79.9. The molecule has 98 valence electrons. The molecule has 0 spiro atoms. The molecule has 0 aliphatic rings. The van der Waals surface area contributed by atoms with E-state index in [9.17, 15) is 0 Å². The fraction of sp³-hybridized carbons (Fsp3) is 0.143. The Hall–Kier alpha value is -1.46. The third-order valence-electron chi connectivity index (χ3n) is 2.65. The predicted molar refractivity (Wildman–Crippen MR) is 86.3 cm³/mol. The van der Waals surface area contributed by atoms with E-state index in [1.807, 2.05) is 43.3 Å². The standard InChI is InChI=1S/C14H14BrN3S/c1-9-3-2-4-11(18-9)8-17-10-5-6-12(14(16)19)13(15)7-10/h2-7,17H,8H2,1H3,(H2,16,19). The second-order valence-electron chi connectivity index (χ2n) is 4.18. The third-order valence-corrected chi connectivity index (χ3v) is 3.53. The van der Waals surface area contributed by atoms with Crippen LogP contribution < -0.4 is 11.1 Å². The summed E-state index contributed by atoms with van der Waals surface area (Å²) >= 11 is 8.43. The van der Waals surface area contributed by atoms with E-state index in [4.69, 9.17) is 18.0 Å². The maximum atomic E-state index is 5.62. The summed E-state index contributed by atoms with van der Waals surface area (Å²) in [5, 5.41) is 3.32. The summed E-state index contributed by atoms with van der Waals surface area (Å²) in [5.74, 6) is 0. The van der Waals surface area contributed by atoms with E-state index in [1.54, 1.807) is 0 Å². The van der Waals surface area contributed by atoms with Crippen LogP contribution in [-0.4, -0.2) is 9.97 Å². The van der Waals surface area contributed by atoms with E-state index in [0.29, 0.717) is 11.5 Å². The van der Waals surface area contributed by atoms with E-state index in [-0.39, 0.29) is 0 Å². The topological polar surface area (TPSA) is 50.9 Å². The van der Waals surface area contributed by atoms with Crippen LogP contribution in [0, 0.1) is 6.92 Å². The van der Waals surface area contributed by atoms with Crippen LogP contribution in [0.2, 0.25) is 0 Å². The van der Waals surface area contributed by atoms with Crippen LogP contribution in [0.1, 0.15) is 17.0 Å². The highest BCUT2D eigenvalue weighted by molar-refractivity contribution is 9.10. The fourth-order valence-electron chi connectivity index (χ4n) is 1.72. The SMILES string of the molecule is Cc1cccc(CNc2ccc(C(N)=S)c(Br)c2)n1. The number of benzene rings is 1. The smallest absolute Gasteiger partial charge is 0.105 e. The summed E-state index contributed by atoms with van der Waals surface area (Å²) in [6.07, 6.45) is 0. The van der Waals surface area contributed by atoms with Gasteiger partial charge in [0.2, 0.25) is 0 Å². The highest BCUT2D eigenvalue weighted by Crippen LogP contribution is 2.21. The first kappa shape index (κ1) is 14.0. The Morgan fingerprint density at radius 3 is 2.79 bits per heavy atom. The number of nitrogens with one attached hydrogen (secondary N) is 1. The van der Waals surface area contributed by atoms with Crippen molar-refractivity contribution in [1.29, 1.82) is 0 Å². The molecule has 0 saturated heterocycles. The maximum absolute atomic E-state index is 5.62. The first-order valence-electron chi connectivity index (χ1n) is 5.82. The molecule has 0 fully saturated rings. The number of halogens is 1. The summed E-state index contributed by atoms with van der Waals surface area (Å²) < 4.78 is 0.891. The second-order valence-corrected chi connectivity index (χ2v) is 5.48. The molecule has 0 saturated carbocycles. The molecule has 3 nitrogen and oxygen atoms in total. The summed E-state index contributed by atoms with van der Waals surface area (Å²) in [5.41, 5.74) is 9.48. The Labute approximate surface area is 126 Å². The van der Waals surface area contributed by atoms with Gasteiger partial charge in [0.25, 0.3) is 0 Å². The molecule has 2 rings (SSSR count). The molecule has 0 bridgehead atoms. The fourth-order valence-corrected chi connectivity index (χ4v) is 2.62. The maximum Gasteiger partial charge on any atom is 0.105 e. The van der Waals surface area contributed by atoms with Crippen molar-refractivity contribution < 1.29 is 0 Å². The lowest BCUT2D eigenvalue weighted by Crippen LogP contribution is -2.10. The lowest BCUT2D eigenvalue weighted by molar-refractivity contribution is 1.01. The minimum atomic E-state index is 0.388. The normalized spacial score (nSPS) is 10.2. The van der Waals surface area contributed by atoms with Crippen LogP contribution >= 0.6 is 28.1 Å². The largest absolute Gasteiger partial charge is 0.389 e. The molecule has 5 heteroatoms. The summed E-state index contributed by atoms with van der Waals surface area (Å²) in [6.45, 7) is 2.66. The van der Waals surface area contributed by atoms with Crippen molar-refractivity contribution in [3.8, 4) is 0 Å². The molecule has 0 amide bonds. The average Bonchev–Trinajstić information content (AvgIpc) is 2.36. The molecule has 1 aromatic heterocycles. The number of pyridine rings is 1. The van der Waals surface area contributed by atoms with Gasteiger partial charge in [0.05, 0.1) is 12.2 Å². The zero-order valence-corrected chi connectivity index (χ0v) is 12.9. The Morgan fingerprint density at radius 2 is 2.16 bits per heavy atom. The lowest BCUT2D eigenvalue weighted by atomic mass is 10.2. The Balaban J connectivity index is 2.08. The van der Waals surface area contributed by atoms with Gasteiger partial charge in [-0.2, -0.15) is 0 Å². The molecule has 0 atom stereocenters. The number of aryl methyl sites for hydroxylation is 1. The van der Waals surface area contributed by atoms with E-state index in [0.717, 1.165) is 27.1 Å². The summed E-state index contributed by atoms with van der Waals surface area (Å²) in [7, 11) is 0. The monoisotopic (exact) mass is 335 g/mol. The van der Waals surface area contributed by atoms with Gasteiger partial charge in [-0.1, -0.05) is 18.3 Å². The van der Waals surface area contributed by atoms with Crippen molar-refractivity contribution in [1.82, 2.24) is 4.98 Å². The second kappa shape index (κ2) is 6.12. The molecule has 0 unspecified atom stereocenters. The van der Waals surface area contributed by atoms with Crippen molar-refractivity contribution in [2.45, 2.75) is 13.5 Å². The van der Waals surface area contributed by atoms with Crippen LogP contribution in [0.3, 0.4) is 0 Å². The molecule has 3 N–H and O–H groups in total. The number of anilines is 1. The van der Waals surface area contributed by atoms with Crippen LogP contribution in [0.5, 0.6) is 0 Å². The van der Waals surface area contributed by atoms with Crippen molar-refractivity contribution in [2.75, 3.05) is 5.32 Å². The number of hydrogen-bond acceptors (Lipinski definition) is 3. The molecular weight excluding hydrogens is 322 g/mol. The number of nitrogens with two attached hydrogens (primary N) is 1. The van der Waals surface area contributed by atoms with Gasteiger partial charge in [-0.25, -0.2) is 0 Å². The Morgan fingerprint density at radius 1 is 1.37 bits per heavy atom. The number of nitrogens with zero attached hydrogens (tertiary/aromatic N) is 1. The summed E-state index contributed by atoms with van der Waals surface area (Å²) in [6, 6.07) is 11.8. The summed E-state index contributed by atoms with van der Waals surface area (Å²) in [4.78, 5) is 4.83. The number of rotatable bonds is 4. The molecule has 0 radical (unpaired) electrons. The quantitative estimate of drug-likeness (QED) is 0.841. The van der Waals surface area contributed by atoms with Gasteiger partial charge in [-0.05, 0) is 53.2 Å². The third kappa shape index (κ3) is 3.75. The van der Waals surface area contributed by atoms with Crippen LogP contribution in [-0.2, 0) is 6.54 Å². The molecule has 1 aromatic carbocycles. The van der Waals surface area contributed by atoms with Gasteiger partial charge in [0.1, 0.15) is 4.99 Å². The number of thiocarbonyl (C=S) groups is 1. The van der Waals surface area contributed by atoms with Crippen LogP contribution in [0.4, 0.5) is 5.69 Å². The molecule has 0 aliphatic heterocycles. The molecule has 19 heavy (non-hydrogen) atoms. The zero-order chi connectivity index (χ0) is 13.8. The van der Waals surface area contributed by atoms with Gasteiger partial charge in [0, 0.05) is 21.4 Å². The lowest BCUT2D eigenvalue weighted by Gasteiger charge is -2.09. The van der Waals surface area contributed by atoms with Gasteiger partial charge in [-0.3, -0.25) is 4.98 Å². The molecular formula is C14H14BrN3S. The first-order chi connectivity index (χ1) is 9.06. The van der Waals surface area contributed by atoms with Crippen LogP contribution in [0.15, 0.2) is 40.9 Å². The van der Waals surface area contributed by atoms with Crippen molar-refractivity contribution in [2.24, 2.45) is 5.73 Å². The van der Waals surface area contributed by atoms with Crippen molar-refractivity contribution in [3.05, 3.63) is 57.8 Å². The van der Waals surface area contributed by atoms with Gasteiger partial charge in [0.15, 0.2) is 0 Å². The minimum Gasteiger partial charge on any atom is -0.389 e. The van der Waals surface area contributed by atoms with Crippen molar-refractivity contribution in [3.63, 3.8) is 0 Å². The predicted octanol–water partition coefficient (Wildman–Crippen LogP) is 3.40. The molecule has 0 aliphatic carbocycles. The Kier molecular flexibility index (Phi) is 4.50. The van der Waals surface area contributed by atoms with Gasteiger partial charge >= 0.3 is 0 Å². The Bertz CT molecular complexity index is 613. The van der Waals surface area contributed by atoms with Gasteiger partial charge < -0.3 is 11.1 Å². The van der Waals surface area contributed by atoms with Crippen LogP contribution in [0.25, 0.3) is 0 Å². The van der Waals surface area contributed by atoms with Gasteiger partial charge in [-0.15, -0.1) is 0 Å². The van der Waals surface area contributed by atoms with E-state index in [1.165, 1.54) is 0 Å². The minimum absolute atomic E-state index is 0.388. The van der Waals surface area contributed by atoms with E-state index < -0.39 is 0 Å². The van der Waals surface area contributed by atoms with E-state index >= 15 is 0 Å².